The second-order valence-electron chi connectivity index (χ2n) is 8.99. The van der Waals surface area contributed by atoms with E-state index in [2.05, 4.69) is 22.6 Å². The van der Waals surface area contributed by atoms with Crippen LogP contribution in [0, 0.1) is 0 Å². The number of carbonyl (C=O) groups is 3. The van der Waals surface area contributed by atoms with Gasteiger partial charge in [-0.3, -0.25) is 4.79 Å². The first-order valence-corrected chi connectivity index (χ1v) is 11.5. The largest absolute Gasteiger partial charge is 0.480 e. The number of carbonyl (C=O) groups excluding carboxylic acids is 2. The van der Waals surface area contributed by atoms with Crippen molar-refractivity contribution in [1.82, 2.24) is 15.4 Å². The molecule has 0 spiro atoms. The van der Waals surface area contributed by atoms with Gasteiger partial charge in [-0.1, -0.05) is 53.7 Å². The molecule has 2 aliphatic rings. The smallest absolute Gasteiger partial charge is 0.407 e. The normalized spacial score (nSPS) is 18.7. The summed E-state index contributed by atoms with van der Waals surface area (Å²) in [6.07, 6.45) is 1.49. The number of amides is 2. The molecule has 1 aliphatic carbocycles. The predicted octanol–water partition coefficient (Wildman–Crippen LogP) is 3.79. The van der Waals surface area contributed by atoms with Gasteiger partial charge in [0.2, 0.25) is 0 Å². The summed E-state index contributed by atoms with van der Waals surface area (Å²) in [6, 6.07) is 16.1. The molecule has 1 aliphatic heterocycles. The van der Waals surface area contributed by atoms with Gasteiger partial charge in [-0.05, 0) is 42.0 Å². The molecule has 2 aromatic carbocycles. The first kappa shape index (κ1) is 22.6. The number of aromatic nitrogens is 1. The predicted molar refractivity (Wildman–Crippen MR) is 125 cm³/mol. The van der Waals surface area contributed by atoms with Crippen LogP contribution >= 0.6 is 0 Å². The summed E-state index contributed by atoms with van der Waals surface area (Å²) in [5.74, 6) is -1.61. The molecule has 1 aromatic heterocycles. The third kappa shape index (κ3) is 3.92. The van der Waals surface area contributed by atoms with E-state index in [1.807, 2.05) is 36.4 Å². The summed E-state index contributed by atoms with van der Waals surface area (Å²) in [6.45, 7) is 1.93. The number of ether oxygens (including phenoxy) is 1. The molecule has 1 saturated heterocycles. The first-order valence-electron chi connectivity index (χ1n) is 11.5. The molecule has 3 aromatic rings. The molecule has 0 saturated carbocycles. The van der Waals surface area contributed by atoms with Crippen molar-refractivity contribution in [2.75, 3.05) is 13.2 Å². The van der Waals surface area contributed by atoms with Gasteiger partial charge in [-0.25, -0.2) is 9.59 Å². The number of rotatable bonds is 6. The van der Waals surface area contributed by atoms with E-state index in [9.17, 15) is 19.5 Å². The Bertz CT molecular complexity index is 1260. The highest BCUT2D eigenvalue weighted by molar-refractivity contribution is 5.98. The maximum Gasteiger partial charge on any atom is 0.407 e. The van der Waals surface area contributed by atoms with Crippen LogP contribution in [0.5, 0.6) is 0 Å². The Morgan fingerprint density at radius 1 is 1.14 bits per heavy atom. The molecule has 2 amide bonds. The topological polar surface area (TPSA) is 122 Å². The highest BCUT2D eigenvalue weighted by Crippen LogP contribution is 2.44. The van der Waals surface area contributed by atoms with Gasteiger partial charge >= 0.3 is 12.1 Å². The van der Waals surface area contributed by atoms with Crippen molar-refractivity contribution >= 4 is 18.0 Å². The molecule has 0 unspecified atom stereocenters. The summed E-state index contributed by atoms with van der Waals surface area (Å²) >= 11 is 0. The van der Waals surface area contributed by atoms with Crippen LogP contribution < -0.4 is 5.32 Å². The molecular formula is C26H25N3O6. The number of alkyl carbamates (subject to hydrolysis) is 1. The Hall–Kier alpha value is -4.14. The van der Waals surface area contributed by atoms with Crippen LogP contribution in [0.2, 0.25) is 0 Å². The zero-order valence-electron chi connectivity index (χ0n) is 19.2. The lowest BCUT2D eigenvalue weighted by Crippen LogP contribution is -2.50. The average molecular weight is 476 g/mol. The lowest BCUT2D eigenvalue weighted by Gasteiger charge is -2.30. The van der Waals surface area contributed by atoms with Gasteiger partial charge in [0, 0.05) is 12.5 Å². The first-order chi connectivity index (χ1) is 16.9. The van der Waals surface area contributed by atoms with Crippen LogP contribution in [0.15, 0.2) is 59.3 Å². The van der Waals surface area contributed by atoms with E-state index in [1.54, 1.807) is 0 Å². The van der Waals surface area contributed by atoms with Crippen molar-refractivity contribution in [2.45, 2.75) is 37.8 Å². The highest BCUT2D eigenvalue weighted by Gasteiger charge is 2.46. The number of nitrogens with one attached hydrogen (secondary N) is 1. The molecule has 9 nitrogen and oxygen atoms in total. The number of benzene rings is 2. The number of hydrogen-bond donors (Lipinski definition) is 2. The Morgan fingerprint density at radius 2 is 1.80 bits per heavy atom. The van der Waals surface area contributed by atoms with E-state index >= 15 is 0 Å². The maximum absolute atomic E-state index is 13.0. The van der Waals surface area contributed by atoms with E-state index < -0.39 is 23.5 Å². The summed E-state index contributed by atoms with van der Waals surface area (Å²) in [7, 11) is 0. The van der Waals surface area contributed by atoms with Crippen molar-refractivity contribution in [3.63, 3.8) is 0 Å². The lowest BCUT2D eigenvalue weighted by atomic mass is 9.98. The number of carboxylic acid groups (broad SMARTS) is 1. The van der Waals surface area contributed by atoms with Crippen molar-refractivity contribution < 1.29 is 28.8 Å². The molecule has 9 heteroatoms. The molecule has 2 heterocycles. The summed E-state index contributed by atoms with van der Waals surface area (Å²) in [5, 5.41) is 16.0. The number of aliphatic carboxylic acids is 1. The van der Waals surface area contributed by atoms with E-state index in [1.165, 1.54) is 18.1 Å². The van der Waals surface area contributed by atoms with Crippen LogP contribution in [0.25, 0.3) is 11.1 Å². The number of carboxylic acids is 1. The summed E-state index contributed by atoms with van der Waals surface area (Å²) in [5.41, 5.74) is 3.54. The van der Waals surface area contributed by atoms with E-state index in [0.29, 0.717) is 19.4 Å². The van der Waals surface area contributed by atoms with E-state index in [-0.39, 0.29) is 30.3 Å². The van der Waals surface area contributed by atoms with Gasteiger partial charge in [0.25, 0.3) is 5.91 Å². The zero-order valence-corrected chi connectivity index (χ0v) is 19.2. The zero-order chi connectivity index (χ0) is 24.6. The standard InChI is InChI=1S/C26H25N3O6/c1-26(24(31)32)11-6-12-29(26)23(30)21-15-35-28-22(21)13-27-25(33)34-14-20-18-9-4-2-7-16(18)17-8-3-5-10-19(17)20/h2-5,7-10,15,20H,6,11-14H2,1H3,(H,27,33)(H,31,32)/t26-/m0/s1. The lowest BCUT2D eigenvalue weighted by molar-refractivity contribution is -0.147. The molecule has 35 heavy (non-hydrogen) atoms. The summed E-state index contributed by atoms with van der Waals surface area (Å²) in [4.78, 5) is 38.6. The summed E-state index contributed by atoms with van der Waals surface area (Å²) < 4.78 is 10.5. The quantitative estimate of drug-likeness (QED) is 0.556. The molecule has 0 radical (unpaired) electrons. The highest BCUT2D eigenvalue weighted by atomic mass is 16.5. The second-order valence-corrected chi connectivity index (χ2v) is 8.99. The third-order valence-electron chi connectivity index (χ3n) is 6.97. The number of likely N-dealkylation sites (tertiary alicyclic amines) is 1. The van der Waals surface area contributed by atoms with E-state index in [0.717, 1.165) is 22.3 Å². The molecule has 0 bridgehead atoms. The fourth-order valence-corrected chi connectivity index (χ4v) is 5.02. The van der Waals surface area contributed by atoms with Gasteiger partial charge in [-0.2, -0.15) is 0 Å². The Labute approximate surface area is 201 Å². The maximum atomic E-state index is 13.0. The number of nitrogens with zero attached hydrogens (tertiary/aromatic N) is 2. The van der Waals surface area contributed by atoms with Crippen molar-refractivity contribution in [3.8, 4) is 11.1 Å². The number of hydrogen-bond acceptors (Lipinski definition) is 6. The van der Waals surface area contributed by atoms with Gasteiger partial charge in [0.15, 0.2) is 0 Å². The Morgan fingerprint density at radius 3 is 2.46 bits per heavy atom. The van der Waals surface area contributed by atoms with Gasteiger partial charge in [-0.15, -0.1) is 0 Å². The fraction of sp³-hybridized carbons (Fsp3) is 0.308. The van der Waals surface area contributed by atoms with E-state index in [4.69, 9.17) is 9.26 Å². The van der Waals surface area contributed by atoms with Crippen molar-refractivity contribution in [1.29, 1.82) is 0 Å². The molecule has 180 valence electrons. The number of fused-ring (bicyclic) bond motifs is 3. The van der Waals surface area contributed by atoms with Gasteiger partial charge in [0.05, 0.1) is 6.54 Å². The Kier molecular flexibility index (Phi) is 5.76. The third-order valence-corrected chi connectivity index (χ3v) is 6.97. The minimum atomic E-state index is -1.29. The van der Waals surface area contributed by atoms with Gasteiger partial charge in [0.1, 0.15) is 29.7 Å². The van der Waals surface area contributed by atoms with Crippen LogP contribution in [-0.4, -0.2) is 51.8 Å². The van der Waals surface area contributed by atoms with Crippen LogP contribution in [0.4, 0.5) is 4.79 Å². The van der Waals surface area contributed by atoms with Crippen molar-refractivity contribution in [3.05, 3.63) is 77.2 Å². The molecule has 2 N–H and O–H groups in total. The second kappa shape index (κ2) is 8.90. The molecule has 1 fully saturated rings. The minimum Gasteiger partial charge on any atom is -0.480 e. The van der Waals surface area contributed by atoms with Crippen LogP contribution in [0.3, 0.4) is 0 Å². The molecular weight excluding hydrogens is 450 g/mol. The molecule has 1 atom stereocenters. The average Bonchev–Trinajstić information content (AvgIpc) is 3.57. The monoisotopic (exact) mass is 475 g/mol. The van der Waals surface area contributed by atoms with Gasteiger partial charge < -0.3 is 24.6 Å². The van der Waals surface area contributed by atoms with Crippen molar-refractivity contribution in [2.24, 2.45) is 0 Å². The SMILES string of the molecule is C[C@@]1(C(=O)O)CCCN1C(=O)c1conc1CNC(=O)OCC1c2ccccc2-c2ccccc21. The minimum absolute atomic E-state index is 0.0683. The Balaban J connectivity index is 1.22. The van der Waals surface area contributed by atoms with Crippen LogP contribution in [-0.2, 0) is 16.1 Å². The molecule has 5 rings (SSSR count). The van der Waals surface area contributed by atoms with Crippen LogP contribution in [0.1, 0.15) is 52.9 Å². The fourth-order valence-electron chi connectivity index (χ4n) is 5.02.